The van der Waals surface area contributed by atoms with Crippen molar-refractivity contribution in [3.63, 3.8) is 0 Å². The second kappa shape index (κ2) is 7.04. The summed E-state index contributed by atoms with van der Waals surface area (Å²) in [6.07, 6.45) is 0. The van der Waals surface area contributed by atoms with E-state index >= 15 is 0 Å². The molecular weight excluding hydrogens is 334 g/mol. The molecule has 0 aliphatic carbocycles. The van der Waals surface area contributed by atoms with Gasteiger partial charge in [-0.25, -0.2) is 0 Å². The van der Waals surface area contributed by atoms with Crippen LogP contribution in [-0.2, 0) is 9.59 Å². The standard InChI is InChI=1S/C15H20BrN3O2/c1-11(18-7-9-19(10-8-18)12(2)20)15(21)17-14-5-3-13(16)4-6-14/h3-6,11H,7-10H2,1-2H3,(H,17,21). The van der Waals surface area contributed by atoms with E-state index in [1.807, 2.05) is 36.1 Å². The first kappa shape index (κ1) is 16.0. The highest BCUT2D eigenvalue weighted by atomic mass is 79.9. The summed E-state index contributed by atoms with van der Waals surface area (Å²) in [6, 6.07) is 7.31. The third kappa shape index (κ3) is 4.28. The molecule has 1 saturated heterocycles. The van der Waals surface area contributed by atoms with Crippen molar-refractivity contribution in [2.45, 2.75) is 19.9 Å². The van der Waals surface area contributed by atoms with Crippen LogP contribution in [0.25, 0.3) is 0 Å². The highest BCUT2D eigenvalue weighted by Crippen LogP contribution is 2.15. The minimum Gasteiger partial charge on any atom is -0.340 e. The SMILES string of the molecule is CC(=O)N1CCN(C(C)C(=O)Nc2ccc(Br)cc2)CC1. The smallest absolute Gasteiger partial charge is 0.241 e. The lowest BCUT2D eigenvalue weighted by molar-refractivity contribution is -0.131. The van der Waals surface area contributed by atoms with Gasteiger partial charge < -0.3 is 10.2 Å². The fourth-order valence-electron chi connectivity index (χ4n) is 2.37. The maximum absolute atomic E-state index is 12.3. The number of benzene rings is 1. The molecule has 0 radical (unpaired) electrons. The van der Waals surface area contributed by atoms with Crippen LogP contribution in [0.4, 0.5) is 5.69 Å². The van der Waals surface area contributed by atoms with Gasteiger partial charge in [0.2, 0.25) is 11.8 Å². The molecule has 1 atom stereocenters. The summed E-state index contributed by atoms with van der Waals surface area (Å²) in [4.78, 5) is 27.5. The number of rotatable bonds is 3. The van der Waals surface area contributed by atoms with Crippen LogP contribution in [-0.4, -0.2) is 53.8 Å². The van der Waals surface area contributed by atoms with Crippen LogP contribution in [0.3, 0.4) is 0 Å². The lowest BCUT2D eigenvalue weighted by Gasteiger charge is -2.37. The van der Waals surface area contributed by atoms with Crippen LogP contribution >= 0.6 is 15.9 Å². The zero-order valence-electron chi connectivity index (χ0n) is 12.3. The summed E-state index contributed by atoms with van der Waals surface area (Å²) >= 11 is 3.37. The van der Waals surface area contributed by atoms with Crippen molar-refractivity contribution in [2.24, 2.45) is 0 Å². The Hall–Kier alpha value is -1.40. The van der Waals surface area contributed by atoms with Crippen LogP contribution < -0.4 is 5.32 Å². The molecule has 5 nitrogen and oxygen atoms in total. The molecule has 1 aliphatic heterocycles. The Labute approximate surface area is 133 Å². The monoisotopic (exact) mass is 353 g/mol. The number of hydrogen-bond donors (Lipinski definition) is 1. The van der Waals surface area contributed by atoms with Gasteiger partial charge in [-0.15, -0.1) is 0 Å². The Kier molecular flexibility index (Phi) is 5.36. The van der Waals surface area contributed by atoms with E-state index in [9.17, 15) is 9.59 Å². The number of amides is 2. The summed E-state index contributed by atoms with van der Waals surface area (Å²) < 4.78 is 0.980. The van der Waals surface area contributed by atoms with Gasteiger partial charge in [0.25, 0.3) is 0 Å². The largest absolute Gasteiger partial charge is 0.340 e. The van der Waals surface area contributed by atoms with Crippen molar-refractivity contribution in [3.05, 3.63) is 28.7 Å². The maximum atomic E-state index is 12.3. The molecule has 0 bridgehead atoms. The molecule has 114 valence electrons. The fraction of sp³-hybridized carbons (Fsp3) is 0.467. The number of piperazine rings is 1. The molecule has 21 heavy (non-hydrogen) atoms. The molecule has 1 aromatic rings. The average molecular weight is 354 g/mol. The van der Waals surface area contributed by atoms with Crippen molar-refractivity contribution in [1.29, 1.82) is 0 Å². The van der Waals surface area contributed by atoms with E-state index < -0.39 is 0 Å². The molecule has 1 heterocycles. The van der Waals surface area contributed by atoms with Gasteiger partial charge in [-0.2, -0.15) is 0 Å². The molecule has 1 unspecified atom stereocenters. The highest BCUT2D eigenvalue weighted by Gasteiger charge is 2.26. The molecule has 1 aliphatic rings. The van der Waals surface area contributed by atoms with Crippen molar-refractivity contribution in [2.75, 3.05) is 31.5 Å². The summed E-state index contributed by atoms with van der Waals surface area (Å²) in [7, 11) is 0. The van der Waals surface area contributed by atoms with Crippen molar-refractivity contribution >= 4 is 33.4 Å². The van der Waals surface area contributed by atoms with Crippen LogP contribution in [0.15, 0.2) is 28.7 Å². The number of carbonyl (C=O) groups excluding carboxylic acids is 2. The van der Waals surface area contributed by atoms with E-state index in [1.165, 1.54) is 0 Å². The minimum atomic E-state index is -0.206. The van der Waals surface area contributed by atoms with Crippen LogP contribution in [0.2, 0.25) is 0 Å². The van der Waals surface area contributed by atoms with E-state index in [-0.39, 0.29) is 17.9 Å². The topological polar surface area (TPSA) is 52.7 Å². The zero-order chi connectivity index (χ0) is 15.4. The number of nitrogens with one attached hydrogen (secondary N) is 1. The molecule has 1 fully saturated rings. The number of carbonyl (C=O) groups is 2. The summed E-state index contributed by atoms with van der Waals surface area (Å²) in [5.74, 6) is 0.0789. The van der Waals surface area contributed by atoms with Crippen molar-refractivity contribution < 1.29 is 9.59 Å². The number of anilines is 1. The van der Waals surface area contributed by atoms with Crippen LogP contribution in [0.1, 0.15) is 13.8 Å². The molecule has 0 aromatic heterocycles. The highest BCUT2D eigenvalue weighted by molar-refractivity contribution is 9.10. The third-order valence-electron chi connectivity index (χ3n) is 3.80. The number of hydrogen-bond acceptors (Lipinski definition) is 3. The lowest BCUT2D eigenvalue weighted by atomic mass is 10.2. The Morgan fingerprint density at radius 2 is 1.71 bits per heavy atom. The second-order valence-corrected chi connectivity index (χ2v) is 6.13. The molecule has 6 heteroatoms. The van der Waals surface area contributed by atoms with E-state index in [4.69, 9.17) is 0 Å². The summed E-state index contributed by atoms with van der Waals surface area (Å²) in [5.41, 5.74) is 0.789. The quantitative estimate of drug-likeness (QED) is 0.903. The first-order chi connectivity index (χ1) is 9.97. The second-order valence-electron chi connectivity index (χ2n) is 5.21. The van der Waals surface area contributed by atoms with Crippen molar-refractivity contribution in [1.82, 2.24) is 9.80 Å². The predicted octanol–water partition coefficient (Wildman–Crippen LogP) is 1.94. The van der Waals surface area contributed by atoms with Crippen LogP contribution in [0, 0.1) is 0 Å². The molecule has 1 N–H and O–H groups in total. The van der Waals surface area contributed by atoms with Gasteiger partial charge in [0.15, 0.2) is 0 Å². The maximum Gasteiger partial charge on any atom is 0.241 e. The Balaban J connectivity index is 1.88. The van der Waals surface area contributed by atoms with Gasteiger partial charge in [-0.1, -0.05) is 15.9 Å². The zero-order valence-corrected chi connectivity index (χ0v) is 13.9. The van der Waals surface area contributed by atoms with Gasteiger partial charge in [-0.3, -0.25) is 14.5 Å². The van der Waals surface area contributed by atoms with E-state index in [1.54, 1.807) is 6.92 Å². The van der Waals surface area contributed by atoms with Gasteiger partial charge in [-0.05, 0) is 31.2 Å². The minimum absolute atomic E-state index is 0.0198. The molecule has 1 aromatic carbocycles. The first-order valence-corrected chi connectivity index (χ1v) is 7.82. The molecular formula is C15H20BrN3O2. The van der Waals surface area contributed by atoms with E-state index in [2.05, 4.69) is 26.1 Å². The average Bonchev–Trinajstić information content (AvgIpc) is 2.49. The van der Waals surface area contributed by atoms with Gasteiger partial charge >= 0.3 is 0 Å². The van der Waals surface area contributed by atoms with E-state index in [0.717, 1.165) is 23.2 Å². The molecule has 2 rings (SSSR count). The predicted molar refractivity (Wildman–Crippen MR) is 86.1 cm³/mol. The summed E-state index contributed by atoms with van der Waals surface area (Å²) in [5, 5.41) is 2.92. The Morgan fingerprint density at radius 1 is 1.14 bits per heavy atom. The number of nitrogens with zero attached hydrogens (tertiary/aromatic N) is 2. The molecule has 2 amide bonds. The van der Waals surface area contributed by atoms with E-state index in [0.29, 0.717) is 13.1 Å². The Bertz CT molecular complexity index is 510. The van der Waals surface area contributed by atoms with Crippen LogP contribution in [0.5, 0.6) is 0 Å². The number of halogens is 1. The van der Waals surface area contributed by atoms with Crippen molar-refractivity contribution in [3.8, 4) is 0 Å². The fourth-order valence-corrected chi connectivity index (χ4v) is 2.63. The first-order valence-electron chi connectivity index (χ1n) is 7.03. The Morgan fingerprint density at radius 3 is 2.24 bits per heavy atom. The molecule has 0 saturated carbocycles. The third-order valence-corrected chi connectivity index (χ3v) is 4.33. The normalized spacial score (nSPS) is 17.4. The van der Waals surface area contributed by atoms with Gasteiger partial charge in [0.05, 0.1) is 6.04 Å². The van der Waals surface area contributed by atoms with Gasteiger partial charge in [0.1, 0.15) is 0 Å². The molecule has 0 spiro atoms. The lowest BCUT2D eigenvalue weighted by Crippen LogP contribution is -2.53. The summed E-state index contributed by atoms with van der Waals surface area (Å²) in [6.45, 7) is 6.32. The van der Waals surface area contributed by atoms with Gasteiger partial charge in [0, 0.05) is 43.3 Å².